The number of carbonyl (C=O) groups is 5. The first-order chi connectivity index (χ1) is 20.1. The molecule has 2 aromatic rings. The van der Waals surface area contributed by atoms with Crippen molar-refractivity contribution in [2.75, 3.05) is 26.2 Å². The number of hydrogen-bond acceptors (Lipinski definition) is 9. The van der Waals surface area contributed by atoms with Crippen LogP contribution < -0.4 is 69.3 Å². The molecule has 2 aromatic carbocycles. The van der Waals surface area contributed by atoms with E-state index < -0.39 is 18.1 Å². The summed E-state index contributed by atoms with van der Waals surface area (Å²) < 4.78 is 10.4. The van der Waals surface area contributed by atoms with Gasteiger partial charge in [0.25, 0.3) is 0 Å². The molecule has 0 atom stereocenters. The minimum atomic E-state index is -2.33. The molecule has 2 amide bonds. The van der Waals surface area contributed by atoms with Crippen LogP contribution in [0.4, 0.5) is 14.4 Å². The Bertz CT molecular complexity index is 1070. The van der Waals surface area contributed by atoms with Crippen molar-refractivity contribution in [3.05, 3.63) is 71.8 Å². The first-order valence-electron chi connectivity index (χ1n) is 13.3. The maximum absolute atomic E-state index is 11.8. The Morgan fingerprint density at radius 2 is 0.886 bits per heavy atom. The van der Waals surface area contributed by atoms with E-state index in [2.05, 4.69) is 0 Å². The number of carboxylic acids is 2. The van der Waals surface area contributed by atoms with E-state index in [4.69, 9.17) is 34.7 Å². The smallest absolute Gasteiger partial charge is 0.652 e. The average Bonchev–Trinajstić information content (AvgIpc) is 3.00. The van der Waals surface area contributed by atoms with Crippen LogP contribution in [0.1, 0.15) is 36.8 Å². The van der Waals surface area contributed by atoms with Gasteiger partial charge < -0.3 is 44.5 Å². The number of piperidine rings is 2. The maximum Gasteiger partial charge on any atom is 1.00 e. The fourth-order valence-corrected chi connectivity index (χ4v) is 4.24. The van der Waals surface area contributed by atoms with Crippen molar-refractivity contribution >= 4 is 30.3 Å². The molecule has 0 unspecified atom stereocenters. The van der Waals surface area contributed by atoms with Crippen LogP contribution in [0.2, 0.25) is 0 Å². The third-order valence-corrected chi connectivity index (χ3v) is 6.62. The Hall–Kier alpha value is -2.81. The van der Waals surface area contributed by atoms with Crippen molar-refractivity contribution in [3.8, 4) is 0 Å². The molecular weight excluding hydrogens is 598 g/mol. The van der Waals surface area contributed by atoms with Gasteiger partial charge in [-0.05, 0) is 43.0 Å². The molecule has 2 saturated heterocycles. The van der Waals surface area contributed by atoms with Gasteiger partial charge in [-0.15, -0.1) is 0 Å². The molecule has 13 nitrogen and oxygen atoms in total. The van der Waals surface area contributed by atoms with Gasteiger partial charge in [-0.2, -0.15) is 0 Å². The van der Waals surface area contributed by atoms with Crippen LogP contribution in [0.3, 0.4) is 0 Å². The van der Waals surface area contributed by atoms with Crippen LogP contribution in [-0.2, 0) is 32.3 Å². The number of hydrogen-bond donors (Lipinski definition) is 2. The van der Waals surface area contributed by atoms with Gasteiger partial charge >= 0.3 is 83.2 Å². The van der Waals surface area contributed by atoms with Crippen molar-refractivity contribution in [2.45, 2.75) is 38.9 Å². The second-order valence-corrected chi connectivity index (χ2v) is 9.53. The SMILES string of the molecule is O=C(O)C1CCN(C(=O)OCc2ccccc2)CC1.O=C(O)C1CCN(C(=O)OCc2ccccc2)CC1.O=C([O-])[O-].[Na+].[Na+]. The van der Waals surface area contributed by atoms with Crippen molar-refractivity contribution in [1.82, 2.24) is 9.80 Å². The molecule has 44 heavy (non-hydrogen) atoms. The number of likely N-dealkylation sites (tertiary alicyclic amines) is 2. The summed E-state index contributed by atoms with van der Waals surface area (Å²) in [6, 6.07) is 18.9. The average molecular weight is 633 g/mol. The summed E-state index contributed by atoms with van der Waals surface area (Å²) in [4.78, 5) is 56.7. The second kappa shape index (κ2) is 22.7. The molecule has 2 aliphatic rings. The largest absolute Gasteiger partial charge is 1.00 e. The Kier molecular flexibility index (Phi) is 21.2. The first kappa shape index (κ1) is 41.2. The fraction of sp³-hybridized carbons (Fsp3) is 0.414. The molecule has 0 aliphatic carbocycles. The zero-order valence-electron chi connectivity index (χ0n) is 25.0. The third-order valence-electron chi connectivity index (χ3n) is 6.62. The summed E-state index contributed by atoms with van der Waals surface area (Å²) in [6.07, 6.45) is -1.09. The van der Waals surface area contributed by atoms with Gasteiger partial charge in [-0.25, -0.2) is 9.59 Å². The molecule has 0 saturated carbocycles. The van der Waals surface area contributed by atoms with Crippen molar-refractivity contribution in [3.63, 3.8) is 0 Å². The van der Waals surface area contributed by atoms with E-state index in [0.717, 1.165) is 11.1 Å². The van der Waals surface area contributed by atoms with E-state index in [1.807, 2.05) is 60.7 Å². The van der Waals surface area contributed by atoms with Crippen molar-refractivity contribution < 1.29 is 113 Å². The minimum absolute atomic E-state index is 0. The molecule has 0 bridgehead atoms. The number of amides is 2. The van der Waals surface area contributed by atoms with Crippen LogP contribution in [0.25, 0.3) is 0 Å². The van der Waals surface area contributed by atoms with Crippen LogP contribution in [0.5, 0.6) is 0 Å². The van der Waals surface area contributed by atoms with Crippen LogP contribution in [-0.4, -0.2) is 76.5 Å². The maximum atomic E-state index is 11.8. The zero-order chi connectivity index (χ0) is 30.9. The Labute approximate surface area is 299 Å². The number of ether oxygens (including phenoxy) is 2. The standard InChI is InChI=1S/2C14H17NO4.CH2O3.2Na/c2*16-13(17)12-6-8-15(9-7-12)14(18)19-10-11-4-2-1-3-5-11;2-1(3)4;;/h2*1-5,12H,6-10H2,(H,16,17);(H2,2,3,4);;/q;;;2*+1/p-2. The van der Waals surface area contributed by atoms with Crippen molar-refractivity contribution in [1.29, 1.82) is 0 Å². The van der Waals surface area contributed by atoms with E-state index in [-0.39, 0.29) is 96.4 Å². The third kappa shape index (κ3) is 16.3. The molecule has 4 rings (SSSR count). The Morgan fingerprint density at radius 3 is 1.14 bits per heavy atom. The minimum Gasteiger partial charge on any atom is -0.652 e. The quantitative estimate of drug-likeness (QED) is 0.293. The fourth-order valence-electron chi connectivity index (χ4n) is 4.24. The van der Waals surface area contributed by atoms with E-state index in [0.29, 0.717) is 51.9 Å². The molecule has 2 heterocycles. The van der Waals surface area contributed by atoms with Gasteiger partial charge in [-0.1, -0.05) is 60.7 Å². The number of carbonyl (C=O) groups excluding carboxylic acids is 3. The normalized spacial score (nSPS) is 14.5. The molecule has 15 heteroatoms. The predicted octanol–water partition coefficient (Wildman–Crippen LogP) is -4.20. The number of carboxylic acid groups (broad SMARTS) is 4. The second-order valence-electron chi connectivity index (χ2n) is 9.53. The van der Waals surface area contributed by atoms with Gasteiger partial charge in [0.15, 0.2) is 0 Å². The van der Waals surface area contributed by atoms with Crippen molar-refractivity contribution in [2.24, 2.45) is 11.8 Å². The number of rotatable bonds is 6. The molecule has 0 spiro atoms. The number of aliphatic carboxylic acids is 2. The van der Waals surface area contributed by atoms with Gasteiger partial charge in [0.2, 0.25) is 0 Å². The zero-order valence-corrected chi connectivity index (χ0v) is 29.0. The van der Waals surface area contributed by atoms with E-state index in [1.165, 1.54) is 0 Å². The number of nitrogens with zero attached hydrogens (tertiary/aromatic N) is 2. The summed E-state index contributed by atoms with van der Waals surface area (Å²) in [6.45, 7) is 2.29. The Balaban J connectivity index is 0.000000720. The Morgan fingerprint density at radius 1 is 0.614 bits per heavy atom. The van der Waals surface area contributed by atoms with Crippen LogP contribution in [0.15, 0.2) is 60.7 Å². The molecule has 0 aromatic heterocycles. The van der Waals surface area contributed by atoms with E-state index >= 15 is 0 Å². The monoisotopic (exact) mass is 632 g/mol. The van der Waals surface area contributed by atoms with Crippen LogP contribution in [0, 0.1) is 11.8 Å². The molecular formula is C29H34N2Na2O11. The van der Waals surface area contributed by atoms with Gasteiger partial charge in [0.05, 0.1) is 11.8 Å². The molecule has 0 radical (unpaired) electrons. The van der Waals surface area contributed by atoms with Gasteiger partial charge in [-0.3, -0.25) is 9.59 Å². The molecule has 2 aliphatic heterocycles. The molecule has 2 fully saturated rings. The summed E-state index contributed by atoms with van der Waals surface area (Å²) in [5.41, 5.74) is 1.88. The number of benzene rings is 2. The topological polar surface area (TPSA) is 197 Å². The van der Waals surface area contributed by atoms with Gasteiger partial charge in [0, 0.05) is 26.2 Å². The summed E-state index contributed by atoms with van der Waals surface area (Å²) in [7, 11) is 0. The molecule has 2 N–H and O–H groups in total. The van der Waals surface area contributed by atoms with Gasteiger partial charge in [0.1, 0.15) is 13.2 Å². The van der Waals surface area contributed by atoms with E-state index in [9.17, 15) is 19.2 Å². The predicted molar refractivity (Wildman–Crippen MR) is 143 cm³/mol. The first-order valence-corrected chi connectivity index (χ1v) is 13.3. The summed E-state index contributed by atoms with van der Waals surface area (Å²) >= 11 is 0. The van der Waals surface area contributed by atoms with Crippen LogP contribution >= 0.6 is 0 Å². The van der Waals surface area contributed by atoms with E-state index in [1.54, 1.807) is 9.80 Å². The summed E-state index contributed by atoms with van der Waals surface area (Å²) in [5.74, 6) is -2.23. The summed E-state index contributed by atoms with van der Waals surface area (Å²) in [5, 5.41) is 34.4. The molecule has 228 valence electrons.